The van der Waals surface area contributed by atoms with Crippen LogP contribution in [0.2, 0.25) is 0 Å². The molecule has 0 saturated heterocycles. The second-order valence-electron chi connectivity index (χ2n) is 4.70. The summed E-state index contributed by atoms with van der Waals surface area (Å²) in [5.74, 6) is 1.10. The number of nitrogens with zero attached hydrogens (tertiary/aromatic N) is 1. The van der Waals surface area contributed by atoms with Crippen LogP contribution < -0.4 is 10.2 Å². The Balaban J connectivity index is 1.85. The number of phenols is 1. The Hall–Kier alpha value is -2.49. The normalized spacial score (nSPS) is 17.4. The minimum atomic E-state index is -0.00360. The van der Waals surface area contributed by atoms with E-state index in [1.165, 1.54) is 0 Å². The van der Waals surface area contributed by atoms with Crippen molar-refractivity contribution in [3.8, 4) is 11.5 Å². The average molecular weight is 268 g/mol. The molecule has 0 spiro atoms. The number of methoxy groups -OCH3 is 1. The van der Waals surface area contributed by atoms with E-state index in [9.17, 15) is 5.11 Å². The molecule has 1 unspecified atom stereocenters. The van der Waals surface area contributed by atoms with Gasteiger partial charge in [0.15, 0.2) is 0 Å². The van der Waals surface area contributed by atoms with E-state index in [1.54, 1.807) is 13.2 Å². The second-order valence-corrected chi connectivity index (χ2v) is 4.70. The van der Waals surface area contributed by atoms with E-state index in [2.05, 4.69) is 10.5 Å². The van der Waals surface area contributed by atoms with Crippen LogP contribution in [0.5, 0.6) is 11.5 Å². The van der Waals surface area contributed by atoms with Crippen LogP contribution in [0, 0.1) is 0 Å². The Bertz CT molecular complexity index is 652. The number of aromatic hydroxyl groups is 1. The van der Waals surface area contributed by atoms with Crippen LogP contribution in [-0.2, 0) is 0 Å². The zero-order chi connectivity index (χ0) is 13.9. The quantitative estimate of drug-likeness (QED) is 0.900. The fourth-order valence-corrected chi connectivity index (χ4v) is 2.46. The van der Waals surface area contributed by atoms with E-state index < -0.39 is 0 Å². The van der Waals surface area contributed by atoms with E-state index >= 15 is 0 Å². The summed E-state index contributed by atoms with van der Waals surface area (Å²) in [6.07, 6.45) is 0.720. The molecule has 1 aliphatic rings. The van der Waals surface area contributed by atoms with Gasteiger partial charge in [0.1, 0.15) is 11.5 Å². The van der Waals surface area contributed by atoms with Crippen molar-refractivity contribution >= 4 is 5.71 Å². The number of benzene rings is 2. The van der Waals surface area contributed by atoms with Gasteiger partial charge in [0, 0.05) is 17.5 Å². The standard InChI is InChI=1S/C16H16N2O2/c1-20-16-9-5-3-7-12(16)14-10-13(17-18-14)11-6-2-4-8-15(11)19/h2-9,13,17,19H,10H2,1H3. The minimum absolute atomic E-state index is 0.00360. The summed E-state index contributed by atoms with van der Waals surface area (Å²) in [6, 6.07) is 15.1. The first-order valence-electron chi connectivity index (χ1n) is 6.53. The number of hydrogen-bond acceptors (Lipinski definition) is 4. The van der Waals surface area contributed by atoms with Gasteiger partial charge in [-0.25, -0.2) is 0 Å². The summed E-state index contributed by atoms with van der Waals surface area (Å²) >= 11 is 0. The van der Waals surface area contributed by atoms with Crippen molar-refractivity contribution in [1.29, 1.82) is 0 Å². The molecule has 102 valence electrons. The lowest BCUT2D eigenvalue weighted by atomic mass is 9.98. The molecule has 1 atom stereocenters. The molecule has 3 rings (SSSR count). The summed E-state index contributed by atoms with van der Waals surface area (Å²) < 4.78 is 5.36. The van der Waals surface area contributed by atoms with Gasteiger partial charge in [0.2, 0.25) is 0 Å². The predicted octanol–water partition coefficient (Wildman–Crippen LogP) is 2.84. The highest BCUT2D eigenvalue weighted by atomic mass is 16.5. The summed E-state index contributed by atoms with van der Waals surface area (Å²) in [4.78, 5) is 0. The Kier molecular flexibility index (Phi) is 3.29. The number of rotatable bonds is 3. The first-order valence-corrected chi connectivity index (χ1v) is 6.53. The molecule has 2 aromatic rings. The number of ether oxygens (including phenoxy) is 1. The zero-order valence-corrected chi connectivity index (χ0v) is 11.2. The molecule has 4 heteroatoms. The first kappa shape index (κ1) is 12.5. The van der Waals surface area contributed by atoms with Gasteiger partial charge < -0.3 is 15.3 Å². The Morgan fingerprint density at radius 3 is 2.70 bits per heavy atom. The fourth-order valence-electron chi connectivity index (χ4n) is 2.46. The maximum atomic E-state index is 9.91. The number of nitrogens with one attached hydrogen (secondary N) is 1. The largest absolute Gasteiger partial charge is 0.508 e. The van der Waals surface area contributed by atoms with E-state index in [0.29, 0.717) is 5.75 Å². The Labute approximate surface area is 117 Å². The molecule has 1 heterocycles. The van der Waals surface area contributed by atoms with Crippen molar-refractivity contribution in [2.75, 3.05) is 7.11 Å². The molecule has 2 N–H and O–H groups in total. The molecule has 20 heavy (non-hydrogen) atoms. The van der Waals surface area contributed by atoms with E-state index in [-0.39, 0.29) is 6.04 Å². The van der Waals surface area contributed by atoms with Crippen molar-refractivity contribution in [2.45, 2.75) is 12.5 Å². The van der Waals surface area contributed by atoms with Crippen molar-refractivity contribution in [3.63, 3.8) is 0 Å². The highest BCUT2D eigenvalue weighted by Gasteiger charge is 2.24. The van der Waals surface area contributed by atoms with Gasteiger partial charge in [-0.1, -0.05) is 30.3 Å². The molecule has 0 saturated carbocycles. The van der Waals surface area contributed by atoms with E-state index in [4.69, 9.17) is 4.74 Å². The molecule has 0 aromatic heterocycles. The van der Waals surface area contributed by atoms with Gasteiger partial charge in [-0.05, 0) is 18.2 Å². The average Bonchev–Trinajstić information content (AvgIpc) is 2.97. The second kappa shape index (κ2) is 5.25. The molecule has 4 nitrogen and oxygen atoms in total. The molecule has 0 bridgehead atoms. The SMILES string of the molecule is COc1ccccc1C1=NNC(c2ccccc2O)C1. The first-order chi connectivity index (χ1) is 9.79. The van der Waals surface area contributed by atoms with Crippen molar-refractivity contribution in [1.82, 2.24) is 5.43 Å². The van der Waals surface area contributed by atoms with Crippen LogP contribution in [0.4, 0.5) is 0 Å². The van der Waals surface area contributed by atoms with Crippen LogP contribution in [0.15, 0.2) is 53.6 Å². The number of hydrogen-bond donors (Lipinski definition) is 2. The van der Waals surface area contributed by atoms with Crippen LogP contribution in [0.25, 0.3) is 0 Å². The molecule has 2 aromatic carbocycles. The van der Waals surface area contributed by atoms with Crippen LogP contribution >= 0.6 is 0 Å². The van der Waals surface area contributed by atoms with Crippen LogP contribution in [0.3, 0.4) is 0 Å². The summed E-state index contributed by atoms with van der Waals surface area (Å²) in [6.45, 7) is 0. The molecule has 0 fully saturated rings. The smallest absolute Gasteiger partial charge is 0.127 e. The van der Waals surface area contributed by atoms with Gasteiger partial charge in [-0.15, -0.1) is 0 Å². The lowest BCUT2D eigenvalue weighted by molar-refractivity contribution is 0.414. The van der Waals surface area contributed by atoms with Crippen LogP contribution in [-0.4, -0.2) is 17.9 Å². The monoisotopic (exact) mass is 268 g/mol. The molecular weight excluding hydrogens is 252 g/mol. The summed E-state index contributed by atoms with van der Waals surface area (Å²) in [7, 11) is 1.66. The maximum absolute atomic E-state index is 9.91. The third-order valence-corrected chi connectivity index (χ3v) is 3.48. The predicted molar refractivity (Wildman–Crippen MR) is 78.1 cm³/mol. The molecule has 0 aliphatic carbocycles. The molecule has 0 amide bonds. The van der Waals surface area contributed by atoms with E-state index in [1.807, 2.05) is 42.5 Å². The molecule has 1 aliphatic heterocycles. The summed E-state index contributed by atoms with van der Waals surface area (Å²) in [5, 5.41) is 14.3. The fraction of sp³-hybridized carbons (Fsp3) is 0.188. The molecule has 0 radical (unpaired) electrons. The number of phenolic OH excluding ortho intramolecular Hbond substituents is 1. The van der Waals surface area contributed by atoms with E-state index in [0.717, 1.165) is 29.0 Å². The van der Waals surface area contributed by atoms with Crippen molar-refractivity contribution < 1.29 is 9.84 Å². The van der Waals surface area contributed by atoms with Gasteiger partial charge in [-0.2, -0.15) is 5.10 Å². The highest BCUT2D eigenvalue weighted by Crippen LogP contribution is 2.32. The van der Waals surface area contributed by atoms with Gasteiger partial charge in [0.05, 0.1) is 18.9 Å². The highest BCUT2D eigenvalue weighted by molar-refractivity contribution is 6.04. The zero-order valence-electron chi connectivity index (χ0n) is 11.2. The van der Waals surface area contributed by atoms with Gasteiger partial charge in [-0.3, -0.25) is 0 Å². The third-order valence-electron chi connectivity index (χ3n) is 3.48. The molecular formula is C16H16N2O2. The Morgan fingerprint density at radius 1 is 1.15 bits per heavy atom. The van der Waals surface area contributed by atoms with Crippen LogP contribution in [0.1, 0.15) is 23.6 Å². The number of hydrazone groups is 1. The van der Waals surface area contributed by atoms with Gasteiger partial charge >= 0.3 is 0 Å². The van der Waals surface area contributed by atoms with Crippen molar-refractivity contribution in [3.05, 3.63) is 59.7 Å². The lowest BCUT2D eigenvalue weighted by Crippen LogP contribution is -2.10. The Morgan fingerprint density at radius 2 is 1.90 bits per heavy atom. The third kappa shape index (κ3) is 2.20. The minimum Gasteiger partial charge on any atom is -0.508 e. The van der Waals surface area contributed by atoms with Gasteiger partial charge in [0.25, 0.3) is 0 Å². The lowest BCUT2D eigenvalue weighted by Gasteiger charge is -2.12. The van der Waals surface area contributed by atoms with Crippen molar-refractivity contribution in [2.24, 2.45) is 5.10 Å². The maximum Gasteiger partial charge on any atom is 0.127 e. The summed E-state index contributed by atoms with van der Waals surface area (Å²) in [5.41, 5.74) is 5.88. The number of para-hydroxylation sites is 2. The topological polar surface area (TPSA) is 53.8 Å².